The van der Waals surface area contributed by atoms with Crippen LogP contribution < -0.4 is 24.2 Å². The Kier molecular flexibility index (Phi) is 9.08. The number of sulfonamides is 1. The van der Waals surface area contributed by atoms with E-state index in [4.69, 9.17) is 14.2 Å². The van der Waals surface area contributed by atoms with Crippen LogP contribution in [-0.4, -0.2) is 46.6 Å². The van der Waals surface area contributed by atoms with Gasteiger partial charge in [0.1, 0.15) is 25.1 Å². The van der Waals surface area contributed by atoms with E-state index in [9.17, 15) is 8.42 Å². The Morgan fingerprint density at radius 1 is 1.10 bits per heavy atom. The largest absolute Gasteiger partial charge is 0.492 e. The third-order valence-electron chi connectivity index (χ3n) is 4.17. The van der Waals surface area contributed by atoms with Crippen LogP contribution in [0, 0.1) is 5.92 Å². The van der Waals surface area contributed by atoms with Crippen molar-refractivity contribution in [2.75, 3.05) is 36.8 Å². The van der Waals surface area contributed by atoms with Crippen molar-refractivity contribution in [1.82, 2.24) is 5.32 Å². The Hall–Kier alpha value is -2.16. The Morgan fingerprint density at radius 3 is 2.50 bits per heavy atom. The fourth-order valence-electron chi connectivity index (χ4n) is 2.95. The van der Waals surface area contributed by atoms with Gasteiger partial charge in [0.25, 0.3) is 0 Å². The number of anilines is 1. The molecule has 1 atom stereocenters. The molecule has 0 fully saturated rings. The van der Waals surface area contributed by atoms with Gasteiger partial charge in [0.15, 0.2) is 11.5 Å². The summed E-state index contributed by atoms with van der Waals surface area (Å²) in [4.78, 5) is 0. The molecule has 3 rings (SSSR count). The maximum Gasteiger partial charge on any atom is 0.232 e. The van der Waals surface area contributed by atoms with E-state index in [1.165, 1.54) is 0 Å². The van der Waals surface area contributed by atoms with Gasteiger partial charge in [-0.15, -0.1) is 12.4 Å². The lowest BCUT2D eigenvalue weighted by Gasteiger charge is -2.26. The van der Waals surface area contributed by atoms with Gasteiger partial charge < -0.3 is 19.5 Å². The van der Waals surface area contributed by atoms with Gasteiger partial charge >= 0.3 is 0 Å². The minimum Gasteiger partial charge on any atom is -0.492 e. The van der Waals surface area contributed by atoms with Gasteiger partial charge in [-0.05, 0) is 42.3 Å². The summed E-state index contributed by atoms with van der Waals surface area (Å²) in [6.45, 7) is 6.06. The second-order valence-corrected chi connectivity index (χ2v) is 9.12. The van der Waals surface area contributed by atoms with E-state index in [1.807, 2.05) is 38.1 Å². The van der Waals surface area contributed by atoms with E-state index in [-0.39, 0.29) is 30.2 Å². The summed E-state index contributed by atoms with van der Waals surface area (Å²) in [5.41, 5.74) is 0.533. The minimum atomic E-state index is -3.32. The molecule has 0 amide bonds. The average molecular weight is 457 g/mol. The fourth-order valence-corrected chi connectivity index (χ4v) is 4.40. The van der Waals surface area contributed by atoms with E-state index < -0.39 is 10.0 Å². The second-order valence-electron chi connectivity index (χ2n) is 7.35. The first-order valence-electron chi connectivity index (χ1n) is 9.74. The maximum atomic E-state index is 12.0. The van der Waals surface area contributed by atoms with Gasteiger partial charge in [-0.3, -0.25) is 4.72 Å². The van der Waals surface area contributed by atoms with Gasteiger partial charge in [0.05, 0.1) is 5.75 Å². The number of hydrogen-bond donors (Lipinski definition) is 2. The zero-order chi connectivity index (χ0) is 20.7. The van der Waals surface area contributed by atoms with Gasteiger partial charge in [-0.25, -0.2) is 8.42 Å². The third-order valence-corrected chi connectivity index (χ3v) is 5.82. The lowest BCUT2D eigenvalue weighted by molar-refractivity contribution is 0.0897. The van der Waals surface area contributed by atoms with Crippen LogP contribution in [0.5, 0.6) is 17.2 Å². The highest BCUT2D eigenvalue weighted by Crippen LogP contribution is 2.30. The van der Waals surface area contributed by atoms with E-state index in [0.29, 0.717) is 37.7 Å². The van der Waals surface area contributed by atoms with Crippen LogP contribution >= 0.6 is 12.4 Å². The first kappa shape index (κ1) is 24.1. The number of benzene rings is 2. The van der Waals surface area contributed by atoms with E-state index >= 15 is 0 Å². The predicted molar refractivity (Wildman–Crippen MR) is 121 cm³/mol. The first-order chi connectivity index (χ1) is 13.9. The predicted octanol–water partition coefficient (Wildman–Crippen LogP) is 3.31. The highest BCUT2D eigenvalue weighted by atomic mass is 35.5. The number of ether oxygens (including phenoxy) is 3. The van der Waals surface area contributed by atoms with Crippen molar-refractivity contribution in [3.8, 4) is 17.2 Å². The number of rotatable bonds is 10. The summed E-state index contributed by atoms with van der Waals surface area (Å²) >= 11 is 0. The molecule has 0 radical (unpaired) electrons. The number of para-hydroxylation sites is 2. The SMILES string of the molecule is CC(C)CS(=O)(=O)Nc1ccc(OCCNCC2COc3ccccc3O2)cc1.Cl. The molecular weight excluding hydrogens is 428 g/mol. The molecule has 1 unspecified atom stereocenters. The Labute approximate surface area is 184 Å². The van der Waals surface area contributed by atoms with Crippen LogP contribution in [0.25, 0.3) is 0 Å². The van der Waals surface area contributed by atoms with Gasteiger partial charge in [-0.2, -0.15) is 0 Å². The molecule has 2 aromatic rings. The quantitative estimate of drug-likeness (QED) is 0.533. The molecule has 0 aromatic heterocycles. The van der Waals surface area contributed by atoms with Crippen LogP contribution in [0.3, 0.4) is 0 Å². The molecule has 166 valence electrons. The number of fused-ring (bicyclic) bond motifs is 1. The summed E-state index contributed by atoms with van der Waals surface area (Å²) in [6.07, 6.45) is -0.0388. The second kappa shape index (κ2) is 11.3. The molecular formula is C21H29ClN2O5S. The third kappa shape index (κ3) is 7.59. The van der Waals surface area contributed by atoms with E-state index in [1.54, 1.807) is 24.3 Å². The summed E-state index contributed by atoms with van der Waals surface area (Å²) in [5.74, 6) is 2.40. The molecule has 2 aromatic carbocycles. The molecule has 2 N–H and O–H groups in total. The standard InChI is InChI=1S/C21H28N2O5S.ClH/c1-16(2)15-29(24,25)23-17-7-9-18(10-8-17)26-12-11-22-13-19-14-27-20-5-3-4-6-21(20)28-19;/h3-10,16,19,22-23H,11-15H2,1-2H3;1H. The topological polar surface area (TPSA) is 85.9 Å². The van der Waals surface area contributed by atoms with Crippen molar-refractivity contribution >= 4 is 28.1 Å². The molecule has 1 aliphatic heterocycles. The summed E-state index contributed by atoms with van der Waals surface area (Å²) in [5, 5.41) is 3.30. The zero-order valence-corrected chi connectivity index (χ0v) is 18.8. The molecule has 7 nitrogen and oxygen atoms in total. The van der Waals surface area contributed by atoms with Crippen LogP contribution in [0.2, 0.25) is 0 Å². The minimum absolute atomic E-state index is 0. The Bertz CT molecular complexity index is 891. The highest BCUT2D eigenvalue weighted by molar-refractivity contribution is 7.92. The van der Waals surface area contributed by atoms with Crippen LogP contribution in [0.1, 0.15) is 13.8 Å². The first-order valence-corrected chi connectivity index (χ1v) is 11.4. The zero-order valence-electron chi connectivity index (χ0n) is 17.2. The summed E-state index contributed by atoms with van der Waals surface area (Å²) < 4.78 is 43.8. The highest BCUT2D eigenvalue weighted by Gasteiger charge is 2.19. The average Bonchev–Trinajstić information content (AvgIpc) is 2.67. The van der Waals surface area contributed by atoms with Gasteiger partial charge in [0.2, 0.25) is 10.0 Å². The molecule has 9 heteroatoms. The van der Waals surface area contributed by atoms with Crippen LogP contribution in [-0.2, 0) is 10.0 Å². The molecule has 0 spiro atoms. The van der Waals surface area contributed by atoms with E-state index in [2.05, 4.69) is 10.0 Å². The van der Waals surface area contributed by atoms with Crippen molar-refractivity contribution in [2.24, 2.45) is 5.92 Å². The van der Waals surface area contributed by atoms with E-state index in [0.717, 1.165) is 11.5 Å². The lowest BCUT2D eigenvalue weighted by atomic mass is 10.2. The summed E-state index contributed by atoms with van der Waals surface area (Å²) in [7, 11) is -3.32. The molecule has 1 aliphatic rings. The lowest BCUT2D eigenvalue weighted by Crippen LogP contribution is -2.39. The fraction of sp³-hybridized carbons (Fsp3) is 0.429. The van der Waals surface area contributed by atoms with Crippen molar-refractivity contribution in [1.29, 1.82) is 0 Å². The Balaban J connectivity index is 0.00000320. The normalized spacial score (nSPS) is 15.4. The smallest absolute Gasteiger partial charge is 0.232 e. The van der Waals surface area contributed by atoms with Crippen molar-refractivity contribution < 1.29 is 22.6 Å². The van der Waals surface area contributed by atoms with Crippen molar-refractivity contribution in [3.05, 3.63) is 48.5 Å². The van der Waals surface area contributed by atoms with Crippen molar-refractivity contribution in [2.45, 2.75) is 20.0 Å². The Morgan fingerprint density at radius 2 is 1.80 bits per heavy atom. The molecule has 30 heavy (non-hydrogen) atoms. The molecule has 1 heterocycles. The van der Waals surface area contributed by atoms with Crippen LogP contribution in [0.15, 0.2) is 48.5 Å². The van der Waals surface area contributed by atoms with Crippen LogP contribution in [0.4, 0.5) is 5.69 Å². The van der Waals surface area contributed by atoms with Gasteiger partial charge in [-0.1, -0.05) is 26.0 Å². The summed E-state index contributed by atoms with van der Waals surface area (Å²) in [6, 6.07) is 14.5. The molecule has 0 bridgehead atoms. The number of nitrogens with one attached hydrogen (secondary N) is 2. The van der Waals surface area contributed by atoms with Gasteiger partial charge in [0, 0.05) is 18.8 Å². The number of halogens is 1. The number of hydrogen-bond acceptors (Lipinski definition) is 6. The molecule has 0 saturated carbocycles. The molecule has 0 aliphatic carbocycles. The van der Waals surface area contributed by atoms with Crippen molar-refractivity contribution in [3.63, 3.8) is 0 Å². The monoisotopic (exact) mass is 456 g/mol. The maximum absolute atomic E-state index is 12.0. The molecule has 0 saturated heterocycles.